The fourth-order valence-corrected chi connectivity index (χ4v) is 5.02. The molecule has 1 unspecified atom stereocenters. The minimum Gasteiger partial charge on any atom is -0.331 e. The molecule has 1 saturated carbocycles. The van der Waals surface area contributed by atoms with Gasteiger partial charge in [0.05, 0.1) is 0 Å². The van der Waals surface area contributed by atoms with Crippen molar-refractivity contribution < 1.29 is 4.79 Å². The number of aryl methyl sites for hydroxylation is 1. The van der Waals surface area contributed by atoms with E-state index in [4.69, 9.17) is 0 Å². The molecule has 2 aliphatic rings. The van der Waals surface area contributed by atoms with Gasteiger partial charge in [-0.3, -0.25) is 14.6 Å². The maximum Gasteiger partial charge on any atom is 0.263 e. The average molecular weight is 495 g/mol. The average Bonchev–Trinajstić information content (AvgIpc) is 2.81. The molecule has 6 nitrogen and oxygen atoms in total. The number of piperidine rings is 1. The summed E-state index contributed by atoms with van der Waals surface area (Å²) in [5.41, 5.74) is 1.95. The molecule has 2 aromatic rings. The number of hydrogen-bond acceptors (Lipinski definition) is 4. The van der Waals surface area contributed by atoms with Crippen molar-refractivity contribution in [2.45, 2.75) is 71.0 Å². The second-order valence-electron chi connectivity index (χ2n) is 9.13. The topological polar surface area (TPSA) is 67.2 Å². The predicted molar refractivity (Wildman–Crippen MR) is 137 cm³/mol. The summed E-state index contributed by atoms with van der Waals surface area (Å²) in [6.07, 6.45) is 13.2. The van der Waals surface area contributed by atoms with Gasteiger partial charge >= 0.3 is 0 Å². The Bertz CT molecular complexity index is 939. The van der Waals surface area contributed by atoms with Crippen LogP contribution in [0.25, 0.3) is 0 Å². The van der Waals surface area contributed by atoms with E-state index in [1.807, 2.05) is 42.4 Å². The van der Waals surface area contributed by atoms with Crippen molar-refractivity contribution in [3.05, 3.63) is 63.8 Å². The number of hydrogen-bond donors (Lipinski definition) is 1. The van der Waals surface area contributed by atoms with Crippen molar-refractivity contribution in [3.8, 4) is 0 Å². The van der Waals surface area contributed by atoms with Gasteiger partial charge in [-0.2, -0.15) is 0 Å². The van der Waals surface area contributed by atoms with Crippen LogP contribution < -0.4 is 10.9 Å². The fourth-order valence-electron chi connectivity index (χ4n) is 5.02. The third-order valence-corrected chi connectivity index (χ3v) is 6.79. The zero-order valence-corrected chi connectivity index (χ0v) is 21.0. The van der Waals surface area contributed by atoms with Crippen molar-refractivity contribution in [1.82, 2.24) is 19.8 Å². The lowest BCUT2D eigenvalue weighted by atomic mass is 9.93. The van der Waals surface area contributed by atoms with E-state index in [0.29, 0.717) is 24.6 Å². The Morgan fingerprint density at radius 1 is 1.15 bits per heavy atom. The zero-order chi connectivity index (χ0) is 21.6. The molecule has 4 rings (SSSR count). The van der Waals surface area contributed by atoms with E-state index >= 15 is 0 Å². The van der Waals surface area contributed by atoms with Gasteiger partial charge in [0.2, 0.25) is 0 Å². The molecule has 182 valence electrons. The van der Waals surface area contributed by atoms with Gasteiger partial charge in [-0.05, 0) is 74.9 Å². The van der Waals surface area contributed by atoms with Crippen LogP contribution in [0.15, 0.2) is 41.6 Å². The van der Waals surface area contributed by atoms with E-state index in [-0.39, 0.29) is 42.3 Å². The number of aromatic nitrogens is 2. The molecule has 0 spiro atoms. The number of halogens is 2. The summed E-state index contributed by atoms with van der Waals surface area (Å²) in [7, 11) is 0. The molecule has 33 heavy (non-hydrogen) atoms. The number of nitrogens with one attached hydrogen (secondary N) is 1. The molecule has 3 heterocycles. The van der Waals surface area contributed by atoms with Crippen molar-refractivity contribution in [1.29, 1.82) is 0 Å². The van der Waals surface area contributed by atoms with Gasteiger partial charge < -0.3 is 14.8 Å². The standard InChI is InChI=1S/C25H34N4O2.2ClH/c1-19-11-14-28(17-20-7-5-12-26-15-20)24(30)23(19)25(31)29(22-9-3-2-4-10-22)18-21-8-6-13-27-16-21;;/h6,8,11,13-14,16,20,22,26H,2-5,7,9-10,12,15,17-18H2,1H3;2*1H. The van der Waals surface area contributed by atoms with Gasteiger partial charge in [-0.1, -0.05) is 25.3 Å². The summed E-state index contributed by atoms with van der Waals surface area (Å²) in [5, 5.41) is 3.42. The van der Waals surface area contributed by atoms with Crippen LogP contribution in [0.5, 0.6) is 0 Å². The van der Waals surface area contributed by atoms with Gasteiger partial charge in [0.15, 0.2) is 0 Å². The third kappa shape index (κ3) is 6.81. The second kappa shape index (κ2) is 13.1. The summed E-state index contributed by atoms with van der Waals surface area (Å²) in [6, 6.07) is 6.00. The highest BCUT2D eigenvalue weighted by atomic mass is 35.5. The molecule has 1 saturated heterocycles. The lowest BCUT2D eigenvalue weighted by molar-refractivity contribution is 0.0610. The Kier molecular flexibility index (Phi) is 10.9. The number of rotatable bonds is 6. The summed E-state index contributed by atoms with van der Waals surface area (Å²) >= 11 is 0. The largest absolute Gasteiger partial charge is 0.331 e. The van der Waals surface area contributed by atoms with Crippen molar-refractivity contribution in [2.24, 2.45) is 5.92 Å². The van der Waals surface area contributed by atoms with Crippen LogP contribution in [0.3, 0.4) is 0 Å². The first-order chi connectivity index (χ1) is 15.1. The Hall–Kier alpha value is -1.89. The Labute approximate surface area is 209 Å². The number of pyridine rings is 2. The Morgan fingerprint density at radius 2 is 1.94 bits per heavy atom. The van der Waals surface area contributed by atoms with Gasteiger partial charge in [-0.15, -0.1) is 24.8 Å². The molecular formula is C25H36Cl2N4O2. The minimum atomic E-state index is -0.150. The Balaban J connectivity index is 0.00000193. The molecule has 2 aromatic heterocycles. The molecular weight excluding hydrogens is 459 g/mol. The summed E-state index contributed by atoms with van der Waals surface area (Å²) in [4.78, 5) is 33.4. The van der Waals surface area contributed by atoms with Crippen LogP contribution in [-0.2, 0) is 13.1 Å². The van der Waals surface area contributed by atoms with E-state index in [1.165, 1.54) is 6.42 Å². The normalized spacial score (nSPS) is 18.6. The highest BCUT2D eigenvalue weighted by Gasteiger charge is 2.29. The maximum absolute atomic E-state index is 13.8. The second-order valence-corrected chi connectivity index (χ2v) is 9.13. The highest BCUT2D eigenvalue weighted by molar-refractivity contribution is 5.95. The van der Waals surface area contributed by atoms with Crippen molar-refractivity contribution in [2.75, 3.05) is 13.1 Å². The van der Waals surface area contributed by atoms with Crippen LogP contribution in [0.1, 0.15) is 66.4 Å². The molecule has 1 amide bonds. The zero-order valence-electron chi connectivity index (χ0n) is 19.4. The van der Waals surface area contributed by atoms with E-state index in [2.05, 4.69) is 10.3 Å². The van der Waals surface area contributed by atoms with Crippen molar-refractivity contribution in [3.63, 3.8) is 0 Å². The van der Waals surface area contributed by atoms with E-state index in [9.17, 15) is 9.59 Å². The summed E-state index contributed by atoms with van der Waals surface area (Å²) < 4.78 is 1.75. The molecule has 2 fully saturated rings. The van der Waals surface area contributed by atoms with Gasteiger partial charge in [0.25, 0.3) is 11.5 Å². The number of amides is 1. The first-order valence-electron chi connectivity index (χ1n) is 11.7. The first-order valence-corrected chi connectivity index (χ1v) is 11.7. The van der Waals surface area contributed by atoms with Crippen LogP contribution in [0, 0.1) is 12.8 Å². The third-order valence-electron chi connectivity index (χ3n) is 6.79. The van der Waals surface area contributed by atoms with Crippen molar-refractivity contribution >= 4 is 30.7 Å². The van der Waals surface area contributed by atoms with Crippen LogP contribution in [0.4, 0.5) is 0 Å². The van der Waals surface area contributed by atoms with Crippen LogP contribution in [0.2, 0.25) is 0 Å². The fraction of sp³-hybridized carbons (Fsp3) is 0.560. The SMILES string of the molecule is Cc1ccn(CC2CCCNC2)c(=O)c1C(=O)N(Cc1cccnc1)C1CCCCC1.Cl.Cl. The van der Waals surface area contributed by atoms with E-state index in [0.717, 1.165) is 62.7 Å². The molecule has 1 atom stereocenters. The lowest BCUT2D eigenvalue weighted by Crippen LogP contribution is -2.44. The molecule has 1 N–H and O–H groups in total. The number of carbonyl (C=O) groups excluding carboxylic acids is 1. The van der Waals surface area contributed by atoms with Crippen LogP contribution in [-0.4, -0.2) is 39.5 Å². The highest BCUT2D eigenvalue weighted by Crippen LogP contribution is 2.26. The lowest BCUT2D eigenvalue weighted by Gasteiger charge is -2.35. The van der Waals surface area contributed by atoms with Gasteiger partial charge in [0.1, 0.15) is 5.56 Å². The summed E-state index contributed by atoms with van der Waals surface area (Å²) in [6.45, 7) is 5.02. The maximum atomic E-state index is 13.8. The summed E-state index contributed by atoms with van der Waals surface area (Å²) in [5.74, 6) is 0.302. The molecule has 1 aliphatic heterocycles. The predicted octanol–water partition coefficient (Wildman–Crippen LogP) is 4.37. The first kappa shape index (κ1) is 27.4. The minimum absolute atomic E-state index is 0. The number of carbonyl (C=O) groups is 1. The monoisotopic (exact) mass is 494 g/mol. The van der Waals surface area contributed by atoms with Gasteiger partial charge in [-0.25, -0.2) is 0 Å². The van der Waals surface area contributed by atoms with E-state index < -0.39 is 0 Å². The molecule has 0 aromatic carbocycles. The molecule has 0 bridgehead atoms. The van der Waals surface area contributed by atoms with E-state index in [1.54, 1.807) is 10.8 Å². The smallest absolute Gasteiger partial charge is 0.263 e. The Morgan fingerprint density at radius 3 is 2.61 bits per heavy atom. The van der Waals surface area contributed by atoms with Gasteiger partial charge in [0, 0.05) is 37.7 Å². The molecule has 8 heteroatoms. The molecule has 0 radical (unpaired) electrons. The quantitative estimate of drug-likeness (QED) is 0.647. The number of nitrogens with zero attached hydrogens (tertiary/aromatic N) is 3. The molecule has 1 aliphatic carbocycles. The van der Waals surface area contributed by atoms with Crippen LogP contribution >= 0.6 is 24.8 Å².